The first kappa shape index (κ1) is 17.2. The van der Waals surface area contributed by atoms with Gasteiger partial charge in [0.25, 0.3) is 0 Å². The Balaban J connectivity index is 4.42. The zero-order chi connectivity index (χ0) is 14.8. The number of carboxylic acids is 1. The van der Waals surface area contributed by atoms with E-state index < -0.39 is 23.9 Å². The number of aliphatic carboxylic acids is 1. The zero-order valence-electron chi connectivity index (χ0n) is 11.2. The van der Waals surface area contributed by atoms with E-state index in [0.717, 1.165) is 0 Å². The van der Waals surface area contributed by atoms with E-state index in [0.29, 0.717) is 19.7 Å². The van der Waals surface area contributed by atoms with Crippen molar-refractivity contribution in [2.75, 3.05) is 26.8 Å². The molecule has 0 aromatic carbocycles. The molecule has 0 aliphatic rings. The molecule has 0 aliphatic carbocycles. The maximum Gasteiger partial charge on any atom is 0.326 e. The number of amides is 3. The lowest BCUT2D eigenvalue weighted by Gasteiger charge is -2.23. The largest absolute Gasteiger partial charge is 0.480 e. The highest BCUT2D eigenvalue weighted by Gasteiger charge is 2.22. The van der Waals surface area contributed by atoms with Crippen LogP contribution in [0.4, 0.5) is 4.79 Å². The van der Waals surface area contributed by atoms with E-state index in [1.165, 1.54) is 12.0 Å². The summed E-state index contributed by atoms with van der Waals surface area (Å²) in [5.41, 5.74) is 4.95. The number of nitrogens with zero attached hydrogens (tertiary/aromatic N) is 1. The van der Waals surface area contributed by atoms with Crippen molar-refractivity contribution in [2.24, 2.45) is 5.73 Å². The molecule has 0 saturated carbocycles. The molecule has 0 bridgehead atoms. The Bertz CT molecular complexity index is 321. The van der Waals surface area contributed by atoms with Crippen molar-refractivity contribution in [1.82, 2.24) is 10.2 Å². The van der Waals surface area contributed by atoms with Crippen molar-refractivity contribution in [1.29, 1.82) is 0 Å². The minimum absolute atomic E-state index is 0.0295. The fourth-order valence-corrected chi connectivity index (χ4v) is 1.39. The summed E-state index contributed by atoms with van der Waals surface area (Å²) >= 11 is 0. The van der Waals surface area contributed by atoms with Gasteiger partial charge < -0.3 is 25.8 Å². The Morgan fingerprint density at radius 2 is 2.05 bits per heavy atom. The number of urea groups is 1. The van der Waals surface area contributed by atoms with Crippen molar-refractivity contribution in [2.45, 2.75) is 25.8 Å². The summed E-state index contributed by atoms with van der Waals surface area (Å²) < 4.78 is 4.86. The molecule has 1 atom stereocenters. The predicted molar refractivity (Wildman–Crippen MR) is 67.5 cm³/mol. The van der Waals surface area contributed by atoms with Crippen LogP contribution in [-0.2, 0) is 14.3 Å². The average Bonchev–Trinajstić information content (AvgIpc) is 2.34. The van der Waals surface area contributed by atoms with Crippen molar-refractivity contribution < 1.29 is 24.2 Å². The molecule has 0 aromatic rings. The number of hydrogen-bond donors (Lipinski definition) is 3. The number of primary amides is 1. The molecular formula is C11H21N3O5. The minimum atomic E-state index is -1.20. The van der Waals surface area contributed by atoms with Crippen LogP contribution in [0.25, 0.3) is 0 Å². The number of methoxy groups -OCH3 is 1. The van der Waals surface area contributed by atoms with Gasteiger partial charge in [-0.05, 0) is 13.3 Å². The predicted octanol–water partition coefficient (Wildman–Crippen LogP) is -0.617. The normalized spacial score (nSPS) is 11.7. The van der Waals surface area contributed by atoms with Gasteiger partial charge in [0.15, 0.2) is 0 Å². The van der Waals surface area contributed by atoms with E-state index in [-0.39, 0.29) is 12.8 Å². The number of ether oxygens (including phenoxy) is 1. The van der Waals surface area contributed by atoms with E-state index in [9.17, 15) is 14.4 Å². The molecule has 4 N–H and O–H groups in total. The van der Waals surface area contributed by atoms with Crippen LogP contribution in [0.2, 0.25) is 0 Å². The summed E-state index contributed by atoms with van der Waals surface area (Å²) in [5.74, 6) is -1.80. The zero-order valence-corrected chi connectivity index (χ0v) is 11.2. The highest BCUT2D eigenvalue weighted by molar-refractivity contribution is 5.83. The molecule has 19 heavy (non-hydrogen) atoms. The van der Waals surface area contributed by atoms with E-state index in [2.05, 4.69) is 5.32 Å². The van der Waals surface area contributed by atoms with Gasteiger partial charge in [0.05, 0.1) is 6.61 Å². The molecule has 8 nitrogen and oxygen atoms in total. The van der Waals surface area contributed by atoms with Crippen LogP contribution in [-0.4, -0.2) is 60.8 Å². The third-order valence-electron chi connectivity index (χ3n) is 2.51. The van der Waals surface area contributed by atoms with E-state index >= 15 is 0 Å². The average molecular weight is 275 g/mol. The summed E-state index contributed by atoms with van der Waals surface area (Å²) in [7, 11) is 1.51. The van der Waals surface area contributed by atoms with Gasteiger partial charge in [0.2, 0.25) is 5.91 Å². The first-order valence-corrected chi connectivity index (χ1v) is 5.97. The third-order valence-corrected chi connectivity index (χ3v) is 2.51. The highest BCUT2D eigenvalue weighted by atomic mass is 16.5. The van der Waals surface area contributed by atoms with Crippen LogP contribution in [0.1, 0.15) is 19.8 Å². The van der Waals surface area contributed by atoms with Crippen molar-refractivity contribution in [3.8, 4) is 0 Å². The first-order chi connectivity index (χ1) is 8.92. The highest BCUT2D eigenvalue weighted by Crippen LogP contribution is 1.99. The molecule has 0 saturated heterocycles. The smallest absolute Gasteiger partial charge is 0.326 e. The lowest BCUT2D eigenvalue weighted by atomic mass is 10.1. The summed E-state index contributed by atoms with van der Waals surface area (Å²) in [4.78, 5) is 34.8. The minimum Gasteiger partial charge on any atom is -0.480 e. The maximum absolute atomic E-state index is 11.8. The number of nitrogens with one attached hydrogen (secondary N) is 1. The number of nitrogens with two attached hydrogens (primary N) is 1. The van der Waals surface area contributed by atoms with Gasteiger partial charge in [-0.1, -0.05) is 0 Å². The second-order valence-corrected chi connectivity index (χ2v) is 3.92. The molecule has 8 heteroatoms. The van der Waals surface area contributed by atoms with Crippen LogP contribution in [0, 0.1) is 0 Å². The molecular weight excluding hydrogens is 254 g/mol. The molecule has 0 heterocycles. The van der Waals surface area contributed by atoms with Crippen LogP contribution < -0.4 is 11.1 Å². The number of carbonyl (C=O) groups is 3. The molecule has 110 valence electrons. The number of rotatable bonds is 9. The standard InChI is InChI=1S/C11H21N3O5/c1-3-14(6-7-19-2)11(18)13-8(10(16)17)4-5-9(12)15/h8H,3-7H2,1-2H3,(H2,12,15)(H,13,18)(H,16,17)/t8-/m0/s1. The molecule has 0 radical (unpaired) electrons. The molecule has 3 amide bonds. The Labute approximate surface area is 111 Å². The summed E-state index contributed by atoms with van der Waals surface area (Å²) in [5, 5.41) is 11.3. The number of carboxylic acid groups (broad SMARTS) is 1. The van der Waals surface area contributed by atoms with Crippen molar-refractivity contribution in [3.05, 3.63) is 0 Å². The Morgan fingerprint density at radius 1 is 1.42 bits per heavy atom. The van der Waals surface area contributed by atoms with Gasteiger partial charge in [0.1, 0.15) is 6.04 Å². The third kappa shape index (κ3) is 7.24. The van der Waals surface area contributed by atoms with Gasteiger partial charge in [0, 0.05) is 26.6 Å². The topological polar surface area (TPSA) is 122 Å². The summed E-state index contributed by atoms with van der Waals surface area (Å²) in [6, 6.07) is -1.63. The van der Waals surface area contributed by atoms with Gasteiger partial charge in [-0.15, -0.1) is 0 Å². The lowest BCUT2D eigenvalue weighted by Crippen LogP contribution is -2.49. The lowest BCUT2D eigenvalue weighted by molar-refractivity contribution is -0.139. The molecule has 0 aliphatic heterocycles. The number of hydrogen-bond acceptors (Lipinski definition) is 4. The fraction of sp³-hybridized carbons (Fsp3) is 0.727. The molecule has 0 spiro atoms. The molecule has 0 aromatic heterocycles. The van der Waals surface area contributed by atoms with E-state index in [1.807, 2.05) is 0 Å². The quantitative estimate of drug-likeness (QED) is 0.518. The molecule has 0 unspecified atom stereocenters. The van der Waals surface area contributed by atoms with Crippen LogP contribution in [0.15, 0.2) is 0 Å². The van der Waals surface area contributed by atoms with E-state index in [4.69, 9.17) is 15.6 Å². The molecule has 0 rings (SSSR count). The van der Waals surface area contributed by atoms with Crippen molar-refractivity contribution >= 4 is 17.9 Å². The monoisotopic (exact) mass is 275 g/mol. The number of likely N-dealkylation sites (N-methyl/N-ethyl adjacent to an activating group) is 1. The van der Waals surface area contributed by atoms with E-state index in [1.54, 1.807) is 6.92 Å². The first-order valence-electron chi connectivity index (χ1n) is 5.97. The van der Waals surface area contributed by atoms with Gasteiger partial charge in [-0.2, -0.15) is 0 Å². The SMILES string of the molecule is CCN(CCOC)C(=O)N[C@@H](CCC(N)=O)C(=O)O. The van der Waals surface area contributed by atoms with Gasteiger partial charge in [-0.3, -0.25) is 4.79 Å². The molecule has 0 fully saturated rings. The number of carbonyl (C=O) groups excluding carboxylic acids is 2. The summed E-state index contributed by atoms with van der Waals surface area (Å²) in [6.07, 6.45) is -0.125. The van der Waals surface area contributed by atoms with Crippen LogP contribution >= 0.6 is 0 Å². The second kappa shape index (κ2) is 9.15. The fourth-order valence-electron chi connectivity index (χ4n) is 1.39. The summed E-state index contributed by atoms with van der Waals surface area (Å²) in [6.45, 7) is 2.92. The maximum atomic E-state index is 11.8. The Hall–Kier alpha value is -1.83. The van der Waals surface area contributed by atoms with Crippen molar-refractivity contribution in [3.63, 3.8) is 0 Å². The van der Waals surface area contributed by atoms with Crippen LogP contribution in [0.3, 0.4) is 0 Å². The van der Waals surface area contributed by atoms with Gasteiger partial charge in [-0.25, -0.2) is 9.59 Å². The Morgan fingerprint density at radius 3 is 2.47 bits per heavy atom. The second-order valence-electron chi connectivity index (χ2n) is 3.92. The van der Waals surface area contributed by atoms with Gasteiger partial charge >= 0.3 is 12.0 Å². The van der Waals surface area contributed by atoms with Crippen LogP contribution in [0.5, 0.6) is 0 Å². The Kier molecular flexibility index (Phi) is 8.27.